The predicted molar refractivity (Wildman–Crippen MR) is 127 cm³/mol. The van der Waals surface area contributed by atoms with E-state index in [4.69, 9.17) is 4.74 Å². The molecule has 1 aromatic carbocycles. The number of benzene rings is 1. The number of aliphatic hydroxyl groups excluding tert-OH is 1. The molecule has 0 spiro atoms. The zero-order valence-corrected chi connectivity index (χ0v) is 19.4. The summed E-state index contributed by atoms with van der Waals surface area (Å²) >= 11 is 0. The number of hydrogen-bond donors (Lipinski definition) is 3. The van der Waals surface area contributed by atoms with Gasteiger partial charge in [0.1, 0.15) is 6.61 Å². The van der Waals surface area contributed by atoms with Crippen LogP contribution >= 0.6 is 0 Å². The fourth-order valence-corrected chi connectivity index (χ4v) is 4.75. The molecule has 0 aromatic heterocycles. The van der Waals surface area contributed by atoms with E-state index in [1.807, 2.05) is 12.2 Å². The smallest absolute Gasteiger partial charge is 0.296 e. The van der Waals surface area contributed by atoms with Gasteiger partial charge in [-0.2, -0.15) is 8.78 Å². The van der Waals surface area contributed by atoms with Crippen molar-refractivity contribution in [1.29, 1.82) is 0 Å². The fraction of sp³-hybridized carbons (Fsp3) is 0.519. The molecule has 5 nitrogen and oxygen atoms in total. The molecule has 1 heterocycles. The van der Waals surface area contributed by atoms with Crippen LogP contribution in [0.15, 0.2) is 65.8 Å². The van der Waals surface area contributed by atoms with Crippen LogP contribution in [0.1, 0.15) is 44.1 Å². The van der Waals surface area contributed by atoms with Crippen LogP contribution in [-0.2, 0) is 15.5 Å². The van der Waals surface area contributed by atoms with Gasteiger partial charge in [-0.3, -0.25) is 4.79 Å². The second-order valence-corrected chi connectivity index (χ2v) is 9.53. The van der Waals surface area contributed by atoms with Gasteiger partial charge < -0.3 is 20.5 Å². The van der Waals surface area contributed by atoms with E-state index in [1.54, 1.807) is 24.3 Å². The third-order valence-corrected chi connectivity index (χ3v) is 6.92. The largest absolute Gasteiger partial charge is 0.387 e. The van der Waals surface area contributed by atoms with Gasteiger partial charge in [0.25, 0.3) is 5.92 Å². The highest BCUT2D eigenvalue weighted by Crippen LogP contribution is 2.54. The third kappa shape index (κ3) is 6.01. The summed E-state index contributed by atoms with van der Waals surface area (Å²) in [4.78, 5) is 11.7. The summed E-state index contributed by atoms with van der Waals surface area (Å²) < 4.78 is 33.4. The first-order chi connectivity index (χ1) is 16.4. The molecular formula is C27H34F2N2O3. The van der Waals surface area contributed by atoms with Gasteiger partial charge in [-0.1, -0.05) is 61.4 Å². The van der Waals surface area contributed by atoms with E-state index in [0.29, 0.717) is 6.61 Å². The van der Waals surface area contributed by atoms with Crippen molar-refractivity contribution >= 4 is 5.91 Å². The molecule has 3 N–H and O–H groups in total. The molecule has 1 aromatic rings. The van der Waals surface area contributed by atoms with Crippen LogP contribution in [-0.4, -0.2) is 49.5 Å². The number of carbonyl (C=O) groups is 1. The first-order valence-corrected chi connectivity index (χ1v) is 12.2. The van der Waals surface area contributed by atoms with Crippen molar-refractivity contribution in [2.75, 3.05) is 26.3 Å². The zero-order chi connectivity index (χ0) is 24.0. The number of nitrogens with one attached hydrogen (secondary N) is 2. The molecule has 184 valence electrons. The molecule has 2 aliphatic carbocycles. The van der Waals surface area contributed by atoms with Gasteiger partial charge in [0.05, 0.1) is 12.1 Å². The van der Waals surface area contributed by atoms with E-state index >= 15 is 0 Å². The Morgan fingerprint density at radius 1 is 1.09 bits per heavy atom. The fourth-order valence-electron chi connectivity index (χ4n) is 4.75. The second kappa shape index (κ2) is 10.9. The second-order valence-electron chi connectivity index (χ2n) is 9.53. The lowest BCUT2D eigenvalue weighted by molar-refractivity contribution is -0.117. The molecule has 2 unspecified atom stereocenters. The van der Waals surface area contributed by atoms with Crippen molar-refractivity contribution in [1.82, 2.24) is 10.6 Å². The van der Waals surface area contributed by atoms with Gasteiger partial charge in [-0.15, -0.1) is 0 Å². The number of ether oxygens (including phenoxy) is 1. The highest BCUT2D eigenvalue weighted by Gasteiger charge is 2.48. The number of fused-ring (bicyclic) bond motifs is 1. The van der Waals surface area contributed by atoms with Gasteiger partial charge in [0.15, 0.2) is 0 Å². The minimum absolute atomic E-state index is 0.00857. The van der Waals surface area contributed by atoms with E-state index < -0.39 is 18.6 Å². The van der Waals surface area contributed by atoms with Gasteiger partial charge in [-0.25, -0.2) is 0 Å². The van der Waals surface area contributed by atoms with Crippen molar-refractivity contribution in [2.45, 2.75) is 56.6 Å². The number of amides is 1. The van der Waals surface area contributed by atoms with Crippen molar-refractivity contribution in [3.63, 3.8) is 0 Å². The lowest BCUT2D eigenvalue weighted by Crippen LogP contribution is -2.47. The van der Waals surface area contributed by atoms with Crippen molar-refractivity contribution in [3.05, 3.63) is 71.3 Å². The van der Waals surface area contributed by atoms with Crippen LogP contribution < -0.4 is 10.6 Å². The molecule has 0 saturated heterocycles. The average molecular weight is 473 g/mol. The van der Waals surface area contributed by atoms with Gasteiger partial charge in [0.2, 0.25) is 5.91 Å². The Morgan fingerprint density at radius 2 is 1.85 bits per heavy atom. The molecular weight excluding hydrogens is 438 g/mol. The Bertz CT molecular complexity index is 938. The van der Waals surface area contributed by atoms with Gasteiger partial charge in [0, 0.05) is 30.2 Å². The molecule has 2 atom stereocenters. The molecule has 4 rings (SSSR count). The maximum Gasteiger partial charge on any atom is 0.296 e. The van der Waals surface area contributed by atoms with Crippen molar-refractivity contribution in [2.24, 2.45) is 5.41 Å². The lowest BCUT2D eigenvalue weighted by atomic mass is 9.81. The van der Waals surface area contributed by atoms with E-state index in [-0.39, 0.29) is 22.9 Å². The topological polar surface area (TPSA) is 70.6 Å². The quantitative estimate of drug-likeness (QED) is 0.380. The zero-order valence-electron chi connectivity index (χ0n) is 19.4. The van der Waals surface area contributed by atoms with E-state index in [1.165, 1.54) is 23.8 Å². The van der Waals surface area contributed by atoms with Crippen LogP contribution in [0.5, 0.6) is 0 Å². The van der Waals surface area contributed by atoms with E-state index in [9.17, 15) is 18.7 Å². The third-order valence-electron chi connectivity index (χ3n) is 6.92. The Hall–Kier alpha value is -2.35. The maximum absolute atomic E-state index is 14.1. The molecule has 1 aliphatic heterocycles. The van der Waals surface area contributed by atoms with Crippen LogP contribution in [0, 0.1) is 5.41 Å². The lowest BCUT2D eigenvalue weighted by Gasteiger charge is -2.33. The molecule has 0 bridgehead atoms. The van der Waals surface area contributed by atoms with Crippen LogP contribution in [0.4, 0.5) is 8.78 Å². The van der Waals surface area contributed by atoms with E-state index in [0.717, 1.165) is 57.2 Å². The van der Waals surface area contributed by atoms with Crippen LogP contribution in [0.2, 0.25) is 0 Å². The highest BCUT2D eigenvalue weighted by molar-refractivity contribution is 5.90. The first-order valence-electron chi connectivity index (χ1n) is 12.2. The summed E-state index contributed by atoms with van der Waals surface area (Å²) in [5.41, 5.74) is 2.31. The highest BCUT2D eigenvalue weighted by atomic mass is 19.3. The Balaban J connectivity index is 1.11. The summed E-state index contributed by atoms with van der Waals surface area (Å²) in [5.74, 6) is -3.12. The molecule has 1 amide bonds. The van der Waals surface area contributed by atoms with E-state index in [2.05, 4.69) is 10.6 Å². The van der Waals surface area contributed by atoms with Gasteiger partial charge >= 0.3 is 0 Å². The number of hydrogen-bond acceptors (Lipinski definition) is 4. The Morgan fingerprint density at radius 3 is 2.62 bits per heavy atom. The molecule has 34 heavy (non-hydrogen) atoms. The number of halogens is 2. The summed E-state index contributed by atoms with van der Waals surface area (Å²) in [6, 6.07) is 7.44. The summed E-state index contributed by atoms with van der Waals surface area (Å²) in [7, 11) is 0. The minimum atomic E-state index is -2.95. The summed E-state index contributed by atoms with van der Waals surface area (Å²) in [6.07, 6.45) is 12.5. The van der Waals surface area contributed by atoms with Crippen molar-refractivity contribution < 1.29 is 23.4 Å². The number of unbranched alkanes of at least 4 members (excludes halogenated alkanes) is 3. The number of aliphatic hydroxyl groups is 1. The summed E-state index contributed by atoms with van der Waals surface area (Å²) in [5, 5.41) is 16.7. The van der Waals surface area contributed by atoms with Crippen molar-refractivity contribution in [3.8, 4) is 0 Å². The molecule has 1 saturated carbocycles. The molecule has 1 fully saturated rings. The monoisotopic (exact) mass is 472 g/mol. The minimum Gasteiger partial charge on any atom is -0.387 e. The number of carbonyl (C=O) groups excluding carboxylic acids is 1. The number of rotatable bonds is 13. The van der Waals surface area contributed by atoms with Crippen LogP contribution in [0.25, 0.3) is 0 Å². The molecule has 7 heteroatoms. The normalized spacial score (nSPS) is 23.1. The first kappa shape index (κ1) is 24.8. The average Bonchev–Trinajstić information content (AvgIpc) is 3.62. The van der Waals surface area contributed by atoms with Gasteiger partial charge in [-0.05, 0) is 43.4 Å². The standard InChI is InChI=1S/C27H34F2N2O3/c28-27(29,20-8-4-3-5-9-20)19-34-17-7-2-1-6-16-30-18-26(14-15-26)22-11-12-23(32)25-21(22)10-13-24(33)31-25/h3-5,8-13,23,25,30,32H,1-2,6-7,14-19H2,(H,31,33). The maximum atomic E-state index is 14.1. The predicted octanol–water partition coefficient (Wildman–Crippen LogP) is 4.01. The van der Waals surface area contributed by atoms with Crippen LogP contribution in [0.3, 0.4) is 0 Å². The number of alkyl halides is 2. The Kier molecular flexibility index (Phi) is 7.96. The molecule has 0 radical (unpaired) electrons. The summed E-state index contributed by atoms with van der Waals surface area (Å²) in [6.45, 7) is 1.54. The molecule has 3 aliphatic rings. The Labute approximate surface area is 200 Å². The SMILES string of the molecule is O=C1C=CC2=C(C3(CNCCCCCCOCC(F)(F)c4ccccc4)CC3)C=CC(O)C2N1. The number of allylic oxidation sites excluding steroid dienone is 1.